The van der Waals surface area contributed by atoms with E-state index in [4.69, 9.17) is 14.5 Å². The quantitative estimate of drug-likeness (QED) is 0.276. The molecular formula is C33H38N4O4. The summed E-state index contributed by atoms with van der Waals surface area (Å²) in [5.74, 6) is 0.222. The van der Waals surface area contributed by atoms with Crippen LogP contribution in [-0.2, 0) is 19.6 Å². The fraction of sp³-hybridized carbons (Fsp3) is 0.364. The number of para-hydroxylation sites is 1. The van der Waals surface area contributed by atoms with Crippen LogP contribution in [0.15, 0.2) is 54.7 Å². The highest BCUT2D eigenvalue weighted by Crippen LogP contribution is 2.34. The number of aromatic nitrogens is 3. The van der Waals surface area contributed by atoms with Crippen molar-refractivity contribution in [3.63, 3.8) is 0 Å². The molecule has 214 valence electrons. The van der Waals surface area contributed by atoms with Crippen molar-refractivity contribution in [2.75, 3.05) is 20.2 Å². The Balaban J connectivity index is 1.40. The number of fused-ring (bicyclic) bond motifs is 1. The Labute approximate surface area is 241 Å². The standard InChI is InChI=1S/C33H38N4O4/c1-21-9-7-10-26(28-11-8-12-29(35-28)37-31(40-6)27(17-34-37)32(38)39)30(21)41-19-24-14-13-23-18-36(20-33(3,4)5)16-15-25(23)22(24)2/h7-14,17H,15-16,18-20H2,1-6H3,(H,38,39). The summed E-state index contributed by atoms with van der Waals surface area (Å²) in [7, 11) is 1.42. The monoisotopic (exact) mass is 554 g/mol. The molecule has 0 spiro atoms. The van der Waals surface area contributed by atoms with Gasteiger partial charge in [0.1, 0.15) is 17.9 Å². The number of benzene rings is 2. The minimum absolute atomic E-state index is 0.0263. The summed E-state index contributed by atoms with van der Waals surface area (Å²) in [6, 6.07) is 16.0. The Morgan fingerprint density at radius 3 is 2.59 bits per heavy atom. The molecule has 0 fully saturated rings. The summed E-state index contributed by atoms with van der Waals surface area (Å²) < 4.78 is 13.2. The maximum Gasteiger partial charge on any atom is 0.342 e. The second kappa shape index (κ2) is 11.4. The predicted molar refractivity (Wildman–Crippen MR) is 159 cm³/mol. The number of rotatable bonds is 8. The van der Waals surface area contributed by atoms with Crippen molar-refractivity contribution in [2.24, 2.45) is 5.41 Å². The van der Waals surface area contributed by atoms with E-state index in [0.717, 1.165) is 42.9 Å². The molecular weight excluding hydrogens is 516 g/mol. The zero-order valence-electron chi connectivity index (χ0n) is 24.7. The van der Waals surface area contributed by atoms with Crippen molar-refractivity contribution in [2.45, 2.75) is 54.2 Å². The van der Waals surface area contributed by atoms with Crippen LogP contribution >= 0.6 is 0 Å². The van der Waals surface area contributed by atoms with Crippen molar-refractivity contribution >= 4 is 5.97 Å². The fourth-order valence-electron chi connectivity index (χ4n) is 5.64. The van der Waals surface area contributed by atoms with Crippen LogP contribution in [0.1, 0.15) is 58.9 Å². The highest BCUT2D eigenvalue weighted by atomic mass is 16.5. The number of aryl methyl sites for hydroxylation is 1. The molecule has 1 aliphatic heterocycles. The van der Waals surface area contributed by atoms with E-state index >= 15 is 0 Å². The maximum atomic E-state index is 11.6. The highest BCUT2D eigenvalue weighted by molar-refractivity contribution is 5.90. The number of ether oxygens (including phenoxy) is 2. The van der Waals surface area contributed by atoms with Gasteiger partial charge < -0.3 is 14.6 Å². The number of carbonyl (C=O) groups is 1. The smallest absolute Gasteiger partial charge is 0.342 e. The molecule has 2 aromatic heterocycles. The van der Waals surface area contributed by atoms with E-state index in [2.05, 4.69) is 49.8 Å². The molecule has 3 heterocycles. The van der Waals surface area contributed by atoms with Crippen molar-refractivity contribution in [3.05, 3.63) is 88.1 Å². The first-order valence-electron chi connectivity index (χ1n) is 13.9. The summed E-state index contributed by atoms with van der Waals surface area (Å²) in [5, 5.41) is 13.7. The average Bonchev–Trinajstić information content (AvgIpc) is 3.37. The van der Waals surface area contributed by atoms with Gasteiger partial charge in [-0.2, -0.15) is 9.78 Å². The van der Waals surface area contributed by atoms with Crippen molar-refractivity contribution in [1.29, 1.82) is 0 Å². The van der Waals surface area contributed by atoms with Crippen LogP contribution in [-0.4, -0.2) is 50.9 Å². The molecule has 1 N–H and O–H groups in total. The van der Waals surface area contributed by atoms with Crippen LogP contribution < -0.4 is 9.47 Å². The third-order valence-corrected chi connectivity index (χ3v) is 7.54. The van der Waals surface area contributed by atoms with Gasteiger partial charge in [0.2, 0.25) is 5.88 Å². The van der Waals surface area contributed by atoms with Crippen LogP contribution in [0.25, 0.3) is 17.1 Å². The number of carboxylic acids is 1. The Hall–Kier alpha value is -4.17. The lowest BCUT2D eigenvalue weighted by Crippen LogP contribution is -2.37. The van der Waals surface area contributed by atoms with Crippen molar-refractivity contribution in [3.8, 4) is 28.7 Å². The third-order valence-electron chi connectivity index (χ3n) is 7.54. The number of aromatic carboxylic acids is 1. The first-order valence-corrected chi connectivity index (χ1v) is 13.9. The first kappa shape index (κ1) is 28.4. The van der Waals surface area contributed by atoms with E-state index in [1.807, 2.05) is 37.3 Å². The van der Waals surface area contributed by atoms with Crippen LogP contribution in [0.3, 0.4) is 0 Å². The molecule has 4 aromatic rings. The van der Waals surface area contributed by atoms with E-state index in [-0.39, 0.29) is 16.9 Å². The Kier molecular flexibility index (Phi) is 7.87. The van der Waals surface area contributed by atoms with Gasteiger partial charge in [-0.3, -0.25) is 4.90 Å². The minimum atomic E-state index is -1.11. The molecule has 0 atom stereocenters. The van der Waals surface area contributed by atoms with E-state index in [9.17, 15) is 9.90 Å². The van der Waals surface area contributed by atoms with Crippen LogP contribution in [0.4, 0.5) is 0 Å². The minimum Gasteiger partial charge on any atom is -0.488 e. The number of methoxy groups -OCH3 is 1. The topological polar surface area (TPSA) is 89.7 Å². The van der Waals surface area contributed by atoms with E-state index in [1.165, 1.54) is 40.2 Å². The van der Waals surface area contributed by atoms with E-state index in [0.29, 0.717) is 18.1 Å². The fourth-order valence-corrected chi connectivity index (χ4v) is 5.64. The van der Waals surface area contributed by atoms with Crippen molar-refractivity contribution < 1.29 is 19.4 Å². The van der Waals surface area contributed by atoms with Crippen LogP contribution in [0, 0.1) is 19.3 Å². The van der Waals surface area contributed by atoms with Gasteiger partial charge in [-0.1, -0.05) is 51.1 Å². The summed E-state index contributed by atoms with van der Waals surface area (Å²) in [4.78, 5) is 18.9. The Morgan fingerprint density at radius 2 is 1.85 bits per heavy atom. The zero-order chi connectivity index (χ0) is 29.3. The second-order valence-electron chi connectivity index (χ2n) is 11.9. The molecule has 8 nitrogen and oxygen atoms in total. The van der Waals surface area contributed by atoms with Gasteiger partial charge in [0.25, 0.3) is 0 Å². The molecule has 0 amide bonds. The number of nitrogens with zero attached hydrogens (tertiary/aromatic N) is 4. The largest absolute Gasteiger partial charge is 0.488 e. The summed E-state index contributed by atoms with van der Waals surface area (Å²) in [6.07, 6.45) is 2.32. The van der Waals surface area contributed by atoms with Crippen molar-refractivity contribution in [1.82, 2.24) is 19.7 Å². The molecule has 0 bridgehead atoms. The second-order valence-corrected chi connectivity index (χ2v) is 11.9. The third kappa shape index (κ3) is 5.98. The number of pyridine rings is 1. The molecule has 8 heteroatoms. The van der Waals surface area contributed by atoms with E-state index in [1.54, 1.807) is 6.07 Å². The molecule has 41 heavy (non-hydrogen) atoms. The Morgan fingerprint density at radius 1 is 1.07 bits per heavy atom. The number of carboxylic acid groups (broad SMARTS) is 1. The molecule has 5 rings (SSSR count). The molecule has 0 saturated heterocycles. The maximum absolute atomic E-state index is 11.6. The zero-order valence-corrected chi connectivity index (χ0v) is 24.7. The van der Waals surface area contributed by atoms with Gasteiger partial charge in [0.15, 0.2) is 5.82 Å². The summed E-state index contributed by atoms with van der Waals surface area (Å²) in [6.45, 7) is 14.7. The highest BCUT2D eigenvalue weighted by Gasteiger charge is 2.24. The lowest BCUT2D eigenvalue weighted by molar-refractivity contribution is 0.0693. The number of hydrogen-bond acceptors (Lipinski definition) is 6. The normalized spacial score (nSPS) is 13.6. The molecule has 2 aromatic carbocycles. The van der Waals surface area contributed by atoms with Gasteiger partial charge in [-0.15, -0.1) is 0 Å². The van der Waals surface area contributed by atoms with Gasteiger partial charge in [0.05, 0.1) is 19.0 Å². The van der Waals surface area contributed by atoms with Crippen LogP contribution in [0.5, 0.6) is 11.6 Å². The average molecular weight is 555 g/mol. The van der Waals surface area contributed by atoms with Gasteiger partial charge >= 0.3 is 5.97 Å². The van der Waals surface area contributed by atoms with E-state index < -0.39 is 5.97 Å². The Bertz CT molecular complexity index is 1580. The summed E-state index contributed by atoms with van der Waals surface area (Å²) >= 11 is 0. The SMILES string of the molecule is COc1c(C(=O)O)cnn1-c1cccc(-c2cccc(C)c2OCc2ccc3c(c2C)CCN(CC(C)(C)C)C3)n1. The van der Waals surface area contributed by atoms with Gasteiger partial charge in [-0.25, -0.2) is 9.78 Å². The predicted octanol–water partition coefficient (Wildman–Crippen LogP) is 6.24. The lowest BCUT2D eigenvalue weighted by atomic mass is 9.90. The molecule has 0 unspecified atom stereocenters. The molecule has 1 aliphatic rings. The first-order chi connectivity index (χ1) is 19.6. The van der Waals surface area contributed by atoms with Gasteiger partial charge in [0, 0.05) is 25.2 Å². The number of hydrogen-bond donors (Lipinski definition) is 1. The molecule has 0 aliphatic carbocycles. The van der Waals surface area contributed by atoms with Crippen LogP contribution in [0.2, 0.25) is 0 Å². The van der Waals surface area contributed by atoms with Gasteiger partial charge in [-0.05, 0) is 71.7 Å². The lowest BCUT2D eigenvalue weighted by Gasteiger charge is -2.34. The molecule has 0 radical (unpaired) electrons. The summed E-state index contributed by atoms with van der Waals surface area (Å²) in [5.41, 5.74) is 8.17. The molecule has 0 saturated carbocycles.